The van der Waals surface area contributed by atoms with Crippen LogP contribution in [0.25, 0.3) is 5.57 Å². The van der Waals surface area contributed by atoms with Crippen molar-refractivity contribution >= 4 is 23.7 Å². The van der Waals surface area contributed by atoms with Gasteiger partial charge in [-0.25, -0.2) is 0 Å². The van der Waals surface area contributed by atoms with E-state index in [1.165, 1.54) is 0 Å². The summed E-state index contributed by atoms with van der Waals surface area (Å²) in [7, 11) is 0. The van der Waals surface area contributed by atoms with E-state index in [0.717, 1.165) is 28.5 Å². The molecule has 0 heterocycles. The zero-order valence-electron chi connectivity index (χ0n) is 20.9. The van der Waals surface area contributed by atoms with Crippen molar-refractivity contribution in [2.75, 3.05) is 0 Å². The van der Waals surface area contributed by atoms with E-state index in [-0.39, 0.29) is 24.2 Å². The fourth-order valence-electron chi connectivity index (χ4n) is 4.04. The first-order chi connectivity index (χ1) is 17.5. The Morgan fingerprint density at radius 3 is 1.81 bits per heavy atom. The van der Waals surface area contributed by atoms with Crippen LogP contribution in [0.1, 0.15) is 43.4 Å². The van der Waals surface area contributed by atoms with Gasteiger partial charge in [0.05, 0.1) is 6.04 Å². The van der Waals surface area contributed by atoms with Crippen LogP contribution in [0.5, 0.6) is 0 Å². The van der Waals surface area contributed by atoms with E-state index in [4.69, 9.17) is 0 Å². The Bertz CT molecular complexity index is 1100. The van der Waals surface area contributed by atoms with E-state index in [1.54, 1.807) is 0 Å². The highest BCUT2D eigenvalue weighted by molar-refractivity contribution is 5.89. The Morgan fingerprint density at radius 2 is 1.31 bits per heavy atom. The molecule has 0 aliphatic heterocycles. The van der Waals surface area contributed by atoms with Crippen LogP contribution >= 0.6 is 0 Å². The molecule has 0 bridgehead atoms. The average Bonchev–Trinajstić information content (AvgIpc) is 2.90. The topological polar surface area (TPSA) is 75.3 Å². The van der Waals surface area contributed by atoms with Crippen molar-refractivity contribution in [3.63, 3.8) is 0 Å². The van der Waals surface area contributed by atoms with Crippen molar-refractivity contribution < 1.29 is 14.4 Å². The summed E-state index contributed by atoms with van der Waals surface area (Å²) in [5, 5.41) is 5.65. The molecule has 3 rings (SSSR count). The van der Waals surface area contributed by atoms with Crippen LogP contribution in [0, 0.1) is 5.92 Å². The third kappa shape index (κ3) is 8.05. The number of amides is 2. The van der Waals surface area contributed by atoms with Gasteiger partial charge >= 0.3 is 0 Å². The second kappa shape index (κ2) is 13.8. The third-order valence-electron chi connectivity index (χ3n) is 5.95. The van der Waals surface area contributed by atoms with E-state index >= 15 is 0 Å². The molecule has 0 fully saturated rings. The molecule has 0 saturated carbocycles. The first-order valence-electron chi connectivity index (χ1n) is 12.4. The van der Waals surface area contributed by atoms with Gasteiger partial charge in [0.25, 0.3) is 0 Å². The fraction of sp³-hybridized carbons (Fsp3) is 0.258. The molecular weight excluding hydrogens is 448 g/mol. The van der Waals surface area contributed by atoms with Gasteiger partial charge in [-0.3, -0.25) is 9.59 Å². The number of carbonyl (C=O) groups is 3. The molecule has 0 aromatic heterocycles. The number of benzene rings is 3. The summed E-state index contributed by atoms with van der Waals surface area (Å²) in [6, 6.07) is 28.3. The summed E-state index contributed by atoms with van der Waals surface area (Å²) in [4.78, 5) is 37.3. The number of hydrogen-bond acceptors (Lipinski definition) is 3. The number of hydrogen-bond donors (Lipinski definition) is 2. The second-order valence-electron chi connectivity index (χ2n) is 9.12. The van der Waals surface area contributed by atoms with Crippen molar-refractivity contribution in [3.05, 3.63) is 114 Å². The number of nitrogens with one attached hydrogen (secondary N) is 2. The van der Waals surface area contributed by atoms with Gasteiger partial charge in [-0.2, -0.15) is 0 Å². The molecule has 3 aromatic rings. The van der Waals surface area contributed by atoms with E-state index in [2.05, 4.69) is 41.0 Å². The van der Waals surface area contributed by atoms with Crippen LogP contribution in [-0.4, -0.2) is 30.2 Å². The van der Waals surface area contributed by atoms with Crippen molar-refractivity contribution in [1.82, 2.24) is 10.6 Å². The van der Waals surface area contributed by atoms with Crippen LogP contribution in [-0.2, 0) is 20.8 Å². The van der Waals surface area contributed by atoms with Crippen LogP contribution in [0.3, 0.4) is 0 Å². The summed E-state index contributed by atoms with van der Waals surface area (Å²) in [5.74, 6) is -0.680. The smallest absolute Gasteiger partial charge is 0.243 e. The van der Waals surface area contributed by atoms with Gasteiger partial charge < -0.3 is 15.4 Å². The first-order valence-corrected chi connectivity index (χ1v) is 12.4. The highest BCUT2D eigenvalue weighted by atomic mass is 16.2. The average molecular weight is 483 g/mol. The highest BCUT2D eigenvalue weighted by Gasteiger charge is 2.26. The number of aldehydes is 1. The molecule has 2 amide bonds. The van der Waals surface area contributed by atoms with Crippen molar-refractivity contribution in [2.45, 2.75) is 45.2 Å². The molecule has 0 unspecified atom stereocenters. The van der Waals surface area contributed by atoms with Crippen LogP contribution < -0.4 is 10.6 Å². The summed E-state index contributed by atoms with van der Waals surface area (Å²) in [5.41, 5.74) is 4.19. The summed E-state index contributed by atoms with van der Waals surface area (Å²) in [6.07, 6.45) is 3.99. The monoisotopic (exact) mass is 482 g/mol. The lowest BCUT2D eigenvalue weighted by molar-refractivity contribution is -0.131. The summed E-state index contributed by atoms with van der Waals surface area (Å²) < 4.78 is 0. The molecule has 5 heteroatoms. The molecular formula is C31H34N2O3. The largest absolute Gasteiger partial charge is 0.344 e. The minimum atomic E-state index is -0.720. The molecule has 0 spiro atoms. The molecule has 3 aromatic carbocycles. The van der Waals surface area contributed by atoms with E-state index in [1.807, 2.05) is 80.6 Å². The number of allylic oxidation sites excluding steroid dienone is 1. The van der Waals surface area contributed by atoms with E-state index in [0.29, 0.717) is 12.8 Å². The first kappa shape index (κ1) is 26.6. The molecule has 5 nitrogen and oxygen atoms in total. The van der Waals surface area contributed by atoms with Crippen LogP contribution in [0.4, 0.5) is 0 Å². The zero-order chi connectivity index (χ0) is 25.8. The van der Waals surface area contributed by atoms with Crippen molar-refractivity contribution in [2.24, 2.45) is 5.92 Å². The van der Waals surface area contributed by atoms with Crippen LogP contribution in [0.15, 0.2) is 97.1 Å². The third-order valence-corrected chi connectivity index (χ3v) is 5.95. The highest BCUT2D eigenvalue weighted by Crippen LogP contribution is 2.24. The standard InChI is InChI=1S/C31H34N2O3/c1-23(2)30(31(36)32-27(22-34)21-24-13-6-3-7-14-24)33-29(35)20-12-19-28(25-15-8-4-9-16-25)26-17-10-5-11-18-26/h3-11,13-19,22-23,27,30H,12,20-21H2,1-2H3,(H,32,36)(H,33,35)/t27-,30+/m0/s1. The maximum Gasteiger partial charge on any atom is 0.243 e. The Hall–Kier alpha value is -3.99. The molecule has 186 valence electrons. The van der Waals surface area contributed by atoms with Gasteiger partial charge in [0.1, 0.15) is 12.3 Å². The lowest BCUT2D eigenvalue weighted by atomic mass is 9.96. The van der Waals surface area contributed by atoms with Gasteiger partial charge in [0.2, 0.25) is 11.8 Å². The zero-order valence-corrected chi connectivity index (χ0v) is 20.9. The molecule has 36 heavy (non-hydrogen) atoms. The number of rotatable bonds is 12. The minimum Gasteiger partial charge on any atom is -0.344 e. The van der Waals surface area contributed by atoms with Gasteiger partial charge in [-0.1, -0.05) is 111 Å². The Morgan fingerprint density at radius 1 is 0.778 bits per heavy atom. The van der Waals surface area contributed by atoms with Gasteiger partial charge in [-0.15, -0.1) is 0 Å². The summed E-state index contributed by atoms with van der Waals surface area (Å²) >= 11 is 0. The molecule has 2 N–H and O–H groups in total. The van der Waals surface area contributed by atoms with Crippen molar-refractivity contribution in [1.29, 1.82) is 0 Å². The second-order valence-corrected chi connectivity index (χ2v) is 9.12. The molecule has 2 atom stereocenters. The van der Waals surface area contributed by atoms with Gasteiger partial charge in [0.15, 0.2) is 0 Å². The SMILES string of the molecule is CC(C)[C@@H](NC(=O)CCC=C(c1ccccc1)c1ccccc1)C(=O)N[C@H](C=O)Cc1ccccc1. The quantitative estimate of drug-likeness (QED) is 0.358. The molecule has 0 aliphatic rings. The predicted octanol–water partition coefficient (Wildman–Crippen LogP) is 4.97. The Balaban J connectivity index is 1.61. The van der Waals surface area contributed by atoms with Crippen LogP contribution in [0.2, 0.25) is 0 Å². The Kier molecular flexibility index (Phi) is 10.2. The molecule has 0 saturated heterocycles. The lowest BCUT2D eigenvalue weighted by Gasteiger charge is -2.23. The normalized spacial score (nSPS) is 12.3. The minimum absolute atomic E-state index is 0.127. The summed E-state index contributed by atoms with van der Waals surface area (Å²) in [6.45, 7) is 3.75. The fourth-order valence-corrected chi connectivity index (χ4v) is 4.04. The molecule has 0 radical (unpaired) electrons. The molecule has 0 aliphatic carbocycles. The predicted molar refractivity (Wildman–Crippen MR) is 144 cm³/mol. The maximum atomic E-state index is 12.9. The Labute approximate surface area is 213 Å². The van der Waals surface area contributed by atoms with Crippen molar-refractivity contribution in [3.8, 4) is 0 Å². The van der Waals surface area contributed by atoms with E-state index in [9.17, 15) is 14.4 Å². The number of carbonyl (C=O) groups excluding carboxylic acids is 3. The van der Waals surface area contributed by atoms with E-state index < -0.39 is 12.1 Å². The van der Waals surface area contributed by atoms with Gasteiger partial charge in [0, 0.05) is 6.42 Å². The maximum absolute atomic E-state index is 12.9. The van der Waals surface area contributed by atoms with Gasteiger partial charge in [-0.05, 0) is 41.0 Å². The lowest BCUT2D eigenvalue weighted by Crippen LogP contribution is -2.52.